The minimum Gasteiger partial charge on any atom is -0.405 e. The number of hydrogen-bond donors (Lipinski definition) is 3. The molecule has 0 radical (unpaired) electrons. The van der Waals surface area contributed by atoms with Crippen molar-refractivity contribution in [3.8, 4) is 0 Å². The molecule has 0 bridgehead atoms. The molecule has 1 rings (SSSR count). The van der Waals surface area contributed by atoms with Crippen LogP contribution in [-0.2, 0) is 0 Å². The van der Waals surface area contributed by atoms with Gasteiger partial charge in [0.15, 0.2) is 0 Å². The molecular weight excluding hydrogens is 162 g/mol. The molecule has 0 saturated carbocycles. The van der Waals surface area contributed by atoms with Crippen molar-refractivity contribution in [1.82, 2.24) is 5.32 Å². The maximum absolute atomic E-state index is 5.27. The van der Waals surface area contributed by atoms with Crippen LogP contribution in [0.15, 0.2) is 60.3 Å². The van der Waals surface area contributed by atoms with E-state index in [1.54, 1.807) is 12.2 Å². The van der Waals surface area contributed by atoms with E-state index in [0.717, 1.165) is 17.0 Å². The van der Waals surface area contributed by atoms with Crippen LogP contribution in [0.1, 0.15) is 0 Å². The molecule has 3 heteroatoms. The Labute approximate surface area is 77.8 Å². The smallest absolute Gasteiger partial charge is 0.0404 e. The first kappa shape index (κ1) is 9.19. The molecule has 1 aliphatic heterocycles. The van der Waals surface area contributed by atoms with Gasteiger partial charge in [-0.25, -0.2) is 0 Å². The summed E-state index contributed by atoms with van der Waals surface area (Å²) in [4.78, 5) is 0. The highest BCUT2D eigenvalue weighted by atomic mass is 14.9. The van der Waals surface area contributed by atoms with Gasteiger partial charge < -0.3 is 16.8 Å². The Morgan fingerprint density at radius 2 is 1.54 bits per heavy atom. The molecule has 13 heavy (non-hydrogen) atoms. The van der Waals surface area contributed by atoms with E-state index in [1.165, 1.54) is 12.4 Å². The zero-order valence-electron chi connectivity index (χ0n) is 7.33. The Hall–Kier alpha value is -1.90. The molecule has 0 fully saturated rings. The predicted molar refractivity (Wildman–Crippen MR) is 55.1 cm³/mol. The molecule has 0 spiro atoms. The fourth-order valence-electron chi connectivity index (χ4n) is 1.07. The predicted octanol–water partition coefficient (Wildman–Crippen LogP) is 0.858. The Bertz CT molecular complexity index is 289. The highest BCUT2D eigenvalue weighted by molar-refractivity contribution is 5.44. The van der Waals surface area contributed by atoms with Gasteiger partial charge in [-0.3, -0.25) is 0 Å². The highest BCUT2D eigenvalue weighted by Gasteiger charge is 2.01. The molecule has 0 atom stereocenters. The third-order valence-electron chi connectivity index (χ3n) is 1.52. The molecule has 1 heterocycles. The largest absolute Gasteiger partial charge is 0.405 e. The van der Waals surface area contributed by atoms with Crippen molar-refractivity contribution in [2.75, 3.05) is 0 Å². The summed E-state index contributed by atoms with van der Waals surface area (Å²) in [5, 5.41) is 3.11. The van der Waals surface area contributed by atoms with E-state index in [0.29, 0.717) is 0 Å². The monoisotopic (exact) mass is 175 g/mol. The Morgan fingerprint density at radius 1 is 1.08 bits per heavy atom. The molecule has 0 aromatic heterocycles. The lowest BCUT2D eigenvalue weighted by molar-refractivity contribution is 1.02. The number of hydrogen-bond acceptors (Lipinski definition) is 3. The number of rotatable bonds is 2. The minimum atomic E-state index is 0.906. The average molecular weight is 175 g/mol. The van der Waals surface area contributed by atoms with Crippen LogP contribution in [0.2, 0.25) is 0 Å². The van der Waals surface area contributed by atoms with Crippen LogP contribution in [0.4, 0.5) is 0 Å². The van der Waals surface area contributed by atoms with Crippen molar-refractivity contribution in [2.45, 2.75) is 0 Å². The standard InChI is InChI=1S/C10H13N3/c1-8-6-9(2-4-11)13-10(7-8)3-5-12/h2-7,13H,1,11-12H2. The van der Waals surface area contributed by atoms with Gasteiger partial charge in [-0.1, -0.05) is 6.58 Å². The molecule has 0 amide bonds. The fraction of sp³-hybridized carbons (Fsp3) is 0. The second-order valence-corrected chi connectivity index (χ2v) is 2.62. The SMILES string of the molecule is C=C1C=C(C=CN)NC(C=CN)=C1. The maximum atomic E-state index is 5.27. The van der Waals surface area contributed by atoms with E-state index < -0.39 is 0 Å². The van der Waals surface area contributed by atoms with Crippen molar-refractivity contribution >= 4 is 0 Å². The lowest BCUT2D eigenvalue weighted by Gasteiger charge is -2.13. The van der Waals surface area contributed by atoms with E-state index in [4.69, 9.17) is 11.5 Å². The topological polar surface area (TPSA) is 64.1 Å². The first-order chi connectivity index (χ1) is 6.26. The molecule has 5 N–H and O–H groups in total. The zero-order valence-corrected chi connectivity index (χ0v) is 7.33. The molecule has 68 valence electrons. The van der Waals surface area contributed by atoms with Crippen LogP contribution in [0.3, 0.4) is 0 Å². The van der Waals surface area contributed by atoms with Crippen LogP contribution < -0.4 is 16.8 Å². The Kier molecular flexibility index (Phi) is 2.97. The Balaban J connectivity index is 2.81. The number of allylic oxidation sites excluding steroid dienone is 5. The Morgan fingerprint density at radius 3 is 1.92 bits per heavy atom. The van der Waals surface area contributed by atoms with Gasteiger partial charge in [0.05, 0.1) is 0 Å². The summed E-state index contributed by atoms with van der Waals surface area (Å²) in [7, 11) is 0. The van der Waals surface area contributed by atoms with Gasteiger partial charge in [0.2, 0.25) is 0 Å². The van der Waals surface area contributed by atoms with Crippen LogP contribution in [0, 0.1) is 0 Å². The van der Waals surface area contributed by atoms with E-state index in [1.807, 2.05) is 12.2 Å². The zero-order chi connectivity index (χ0) is 9.68. The lowest BCUT2D eigenvalue weighted by atomic mass is 10.1. The summed E-state index contributed by atoms with van der Waals surface area (Å²) < 4.78 is 0. The normalized spacial score (nSPS) is 17.4. The van der Waals surface area contributed by atoms with E-state index in [2.05, 4.69) is 11.9 Å². The average Bonchev–Trinajstić information content (AvgIpc) is 2.04. The van der Waals surface area contributed by atoms with Crippen LogP contribution in [-0.4, -0.2) is 0 Å². The van der Waals surface area contributed by atoms with Gasteiger partial charge >= 0.3 is 0 Å². The summed E-state index contributed by atoms with van der Waals surface area (Å²) in [5.74, 6) is 0. The number of nitrogens with two attached hydrogens (primary N) is 2. The first-order valence-electron chi connectivity index (χ1n) is 3.92. The van der Waals surface area contributed by atoms with Crippen molar-refractivity contribution in [3.05, 3.63) is 60.3 Å². The van der Waals surface area contributed by atoms with Gasteiger partial charge in [0, 0.05) is 11.4 Å². The molecule has 0 aliphatic carbocycles. The second kappa shape index (κ2) is 4.21. The summed E-state index contributed by atoms with van der Waals surface area (Å²) in [6.45, 7) is 3.84. The summed E-state index contributed by atoms with van der Waals surface area (Å²) in [6.07, 6.45) is 10.3. The molecule has 0 aromatic rings. The van der Waals surface area contributed by atoms with E-state index in [-0.39, 0.29) is 0 Å². The number of dihydropyridines is 1. The molecular formula is C10H13N3. The summed E-state index contributed by atoms with van der Waals surface area (Å²) in [5.41, 5.74) is 13.3. The third-order valence-corrected chi connectivity index (χ3v) is 1.52. The highest BCUT2D eigenvalue weighted by Crippen LogP contribution is 2.12. The molecule has 3 nitrogen and oxygen atoms in total. The third kappa shape index (κ3) is 2.56. The first-order valence-corrected chi connectivity index (χ1v) is 3.92. The van der Waals surface area contributed by atoms with E-state index >= 15 is 0 Å². The van der Waals surface area contributed by atoms with Crippen molar-refractivity contribution in [1.29, 1.82) is 0 Å². The van der Waals surface area contributed by atoms with Gasteiger partial charge in [-0.15, -0.1) is 0 Å². The van der Waals surface area contributed by atoms with Gasteiger partial charge in [0.1, 0.15) is 0 Å². The van der Waals surface area contributed by atoms with Gasteiger partial charge in [0.25, 0.3) is 0 Å². The molecule has 0 aromatic carbocycles. The summed E-state index contributed by atoms with van der Waals surface area (Å²) in [6, 6.07) is 0. The van der Waals surface area contributed by atoms with Crippen molar-refractivity contribution in [3.63, 3.8) is 0 Å². The number of nitrogens with one attached hydrogen (secondary N) is 1. The molecule has 0 unspecified atom stereocenters. The fourth-order valence-corrected chi connectivity index (χ4v) is 1.07. The second-order valence-electron chi connectivity index (χ2n) is 2.62. The van der Waals surface area contributed by atoms with Crippen LogP contribution in [0.5, 0.6) is 0 Å². The van der Waals surface area contributed by atoms with E-state index in [9.17, 15) is 0 Å². The quantitative estimate of drug-likeness (QED) is 0.583. The van der Waals surface area contributed by atoms with Crippen LogP contribution in [0.25, 0.3) is 0 Å². The van der Waals surface area contributed by atoms with Crippen molar-refractivity contribution < 1.29 is 0 Å². The minimum absolute atomic E-state index is 0.906. The van der Waals surface area contributed by atoms with Gasteiger partial charge in [-0.05, 0) is 42.3 Å². The molecule has 1 aliphatic rings. The summed E-state index contributed by atoms with van der Waals surface area (Å²) >= 11 is 0. The van der Waals surface area contributed by atoms with Gasteiger partial charge in [-0.2, -0.15) is 0 Å². The molecule has 0 saturated heterocycles. The van der Waals surface area contributed by atoms with Crippen molar-refractivity contribution in [2.24, 2.45) is 11.5 Å². The maximum Gasteiger partial charge on any atom is 0.0404 e. The lowest BCUT2D eigenvalue weighted by Crippen LogP contribution is -2.14. The van der Waals surface area contributed by atoms with Crippen LogP contribution >= 0.6 is 0 Å².